The smallest absolute Gasteiger partial charge is 0.148 e. The lowest BCUT2D eigenvalue weighted by atomic mass is 10.1. The van der Waals surface area contributed by atoms with Crippen molar-refractivity contribution in [3.8, 4) is 0 Å². The highest BCUT2D eigenvalue weighted by atomic mass is 79.9. The number of aliphatic hydroxyl groups is 1. The average molecular weight is 350 g/mol. The zero-order chi connectivity index (χ0) is 13.9. The fourth-order valence-corrected chi connectivity index (χ4v) is 3.51. The summed E-state index contributed by atoms with van der Waals surface area (Å²) in [7, 11) is 0. The first-order valence-corrected chi connectivity index (χ1v) is 7.71. The number of hydrogen-bond donors (Lipinski definition) is 2. The first-order chi connectivity index (χ1) is 9.78. The average Bonchev–Trinajstić information content (AvgIpc) is 2.86. The van der Waals surface area contributed by atoms with Gasteiger partial charge in [-0.1, -0.05) is 30.3 Å². The number of rotatable bonds is 4. The van der Waals surface area contributed by atoms with Crippen LogP contribution in [0.15, 0.2) is 46.5 Å². The quantitative estimate of drug-likeness (QED) is 0.755. The molecule has 3 aromatic rings. The van der Waals surface area contributed by atoms with Gasteiger partial charge in [-0.15, -0.1) is 11.3 Å². The van der Waals surface area contributed by atoms with Gasteiger partial charge in [0.1, 0.15) is 12.1 Å². The van der Waals surface area contributed by atoms with Crippen LogP contribution in [0.2, 0.25) is 0 Å². The van der Waals surface area contributed by atoms with Crippen LogP contribution in [0, 0.1) is 0 Å². The van der Waals surface area contributed by atoms with E-state index in [1.807, 2.05) is 36.4 Å². The van der Waals surface area contributed by atoms with Crippen LogP contribution in [0.3, 0.4) is 0 Å². The lowest BCUT2D eigenvalue weighted by Crippen LogP contribution is -2.15. The number of aliphatic hydroxyl groups excluding tert-OH is 1. The second-order valence-electron chi connectivity index (χ2n) is 4.28. The van der Waals surface area contributed by atoms with E-state index in [0.717, 1.165) is 25.4 Å². The molecule has 1 atom stereocenters. The first-order valence-electron chi connectivity index (χ1n) is 6.10. The number of nitrogens with one attached hydrogen (secondary N) is 1. The lowest BCUT2D eigenvalue weighted by molar-refractivity contribution is 0.276. The molecule has 4 nitrogen and oxygen atoms in total. The molecule has 0 fully saturated rings. The summed E-state index contributed by atoms with van der Waals surface area (Å²) in [5.41, 5.74) is 1.92. The molecule has 2 heterocycles. The Morgan fingerprint density at radius 2 is 2.05 bits per heavy atom. The van der Waals surface area contributed by atoms with Gasteiger partial charge in [-0.3, -0.25) is 0 Å². The van der Waals surface area contributed by atoms with E-state index in [-0.39, 0.29) is 12.6 Å². The lowest BCUT2D eigenvalue weighted by Gasteiger charge is -2.17. The van der Waals surface area contributed by atoms with Crippen molar-refractivity contribution in [3.05, 3.63) is 52.1 Å². The van der Waals surface area contributed by atoms with Crippen molar-refractivity contribution in [3.63, 3.8) is 0 Å². The SMILES string of the molecule is OC[C@@H](Nc1ncnc2cc(Br)sc12)c1ccccc1. The second-order valence-corrected chi connectivity index (χ2v) is 6.71. The van der Waals surface area contributed by atoms with Crippen LogP contribution < -0.4 is 5.32 Å². The normalized spacial score (nSPS) is 12.5. The molecule has 102 valence electrons. The monoisotopic (exact) mass is 349 g/mol. The highest BCUT2D eigenvalue weighted by Crippen LogP contribution is 2.33. The van der Waals surface area contributed by atoms with E-state index in [1.54, 1.807) is 11.3 Å². The Morgan fingerprint density at radius 3 is 2.80 bits per heavy atom. The molecule has 0 saturated carbocycles. The summed E-state index contributed by atoms with van der Waals surface area (Å²) in [5.74, 6) is 0.744. The van der Waals surface area contributed by atoms with E-state index in [4.69, 9.17) is 0 Å². The van der Waals surface area contributed by atoms with Gasteiger partial charge in [0.15, 0.2) is 0 Å². The standard InChI is InChI=1S/C14H12BrN3OS/c15-12-6-10-13(20-12)14(17-8-16-10)18-11(7-19)9-4-2-1-3-5-9/h1-6,8,11,19H,7H2,(H,16,17,18)/t11-/m1/s1. The van der Waals surface area contributed by atoms with E-state index in [2.05, 4.69) is 31.2 Å². The molecule has 2 aromatic heterocycles. The summed E-state index contributed by atoms with van der Waals surface area (Å²) in [4.78, 5) is 8.53. The zero-order valence-electron chi connectivity index (χ0n) is 10.5. The third-order valence-electron chi connectivity index (χ3n) is 2.98. The molecule has 6 heteroatoms. The van der Waals surface area contributed by atoms with Gasteiger partial charge in [0.2, 0.25) is 0 Å². The van der Waals surface area contributed by atoms with Crippen LogP contribution in [0.25, 0.3) is 10.2 Å². The molecule has 0 aliphatic rings. The number of fused-ring (bicyclic) bond motifs is 1. The van der Waals surface area contributed by atoms with Gasteiger partial charge in [-0.2, -0.15) is 0 Å². The Kier molecular flexibility index (Phi) is 3.95. The first kappa shape index (κ1) is 13.5. The number of thiophene rings is 1. The van der Waals surface area contributed by atoms with E-state index in [1.165, 1.54) is 6.33 Å². The molecular weight excluding hydrogens is 338 g/mol. The molecule has 0 saturated heterocycles. The van der Waals surface area contributed by atoms with Gasteiger partial charge in [0.05, 0.1) is 26.7 Å². The maximum atomic E-state index is 9.61. The molecule has 3 rings (SSSR count). The van der Waals surface area contributed by atoms with E-state index >= 15 is 0 Å². The van der Waals surface area contributed by atoms with Crippen molar-refractivity contribution in [2.24, 2.45) is 0 Å². The Morgan fingerprint density at radius 1 is 1.25 bits per heavy atom. The van der Waals surface area contributed by atoms with Crippen molar-refractivity contribution >= 4 is 43.3 Å². The molecule has 1 aromatic carbocycles. The minimum absolute atomic E-state index is 0.00204. The molecule has 0 spiro atoms. The van der Waals surface area contributed by atoms with Gasteiger partial charge in [0, 0.05) is 0 Å². The van der Waals surface area contributed by atoms with Crippen molar-refractivity contribution in [2.45, 2.75) is 6.04 Å². The molecule has 0 aliphatic carbocycles. The fraction of sp³-hybridized carbons (Fsp3) is 0.143. The third kappa shape index (κ3) is 2.67. The highest BCUT2D eigenvalue weighted by Gasteiger charge is 2.14. The predicted octanol–water partition coefficient (Wildman–Crippen LogP) is 3.60. The molecule has 0 radical (unpaired) electrons. The van der Waals surface area contributed by atoms with Crippen molar-refractivity contribution in [2.75, 3.05) is 11.9 Å². The van der Waals surface area contributed by atoms with Crippen molar-refractivity contribution in [1.82, 2.24) is 9.97 Å². The summed E-state index contributed by atoms with van der Waals surface area (Å²) < 4.78 is 1.99. The fourth-order valence-electron chi connectivity index (χ4n) is 2.01. The summed E-state index contributed by atoms with van der Waals surface area (Å²) in [6, 6.07) is 11.6. The van der Waals surface area contributed by atoms with Crippen molar-refractivity contribution in [1.29, 1.82) is 0 Å². The van der Waals surface area contributed by atoms with Gasteiger partial charge in [0.25, 0.3) is 0 Å². The van der Waals surface area contributed by atoms with Crippen LogP contribution in [-0.4, -0.2) is 21.7 Å². The molecule has 0 bridgehead atoms. The number of benzene rings is 1. The second kappa shape index (κ2) is 5.87. The maximum Gasteiger partial charge on any atom is 0.148 e. The van der Waals surface area contributed by atoms with Crippen LogP contribution >= 0.6 is 27.3 Å². The van der Waals surface area contributed by atoms with E-state index in [0.29, 0.717) is 0 Å². The number of nitrogens with zero attached hydrogens (tertiary/aromatic N) is 2. The Labute approximate surface area is 128 Å². The van der Waals surface area contributed by atoms with E-state index in [9.17, 15) is 5.11 Å². The Bertz CT molecular complexity index is 717. The number of anilines is 1. The largest absolute Gasteiger partial charge is 0.394 e. The van der Waals surface area contributed by atoms with Crippen LogP contribution in [0.4, 0.5) is 5.82 Å². The zero-order valence-corrected chi connectivity index (χ0v) is 12.9. The predicted molar refractivity (Wildman–Crippen MR) is 85.0 cm³/mol. The van der Waals surface area contributed by atoms with E-state index < -0.39 is 0 Å². The molecular formula is C14H12BrN3OS. The van der Waals surface area contributed by atoms with Crippen LogP contribution in [0.1, 0.15) is 11.6 Å². The molecule has 0 amide bonds. The third-order valence-corrected chi connectivity index (χ3v) is 4.61. The molecule has 2 N–H and O–H groups in total. The van der Waals surface area contributed by atoms with Crippen LogP contribution in [0.5, 0.6) is 0 Å². The summed E-state index contributed by atoms with van der Waals surface area (Å²) in [6.45, 7) is 0.00204. The van der Waals surface area contributed by atoms with Crippen molar-refractivity contribution < 1.29 is 5.11 Å². The Balaban J connectivity index is 1.95. The van der Waals surface area contributed by atoms with Gasteiger partial charge in [-0.25, -0.2) is 9.97 Å². The summed E-state index contributed by atoms with van der Waals surface area (Å²) >= 11 is 5.03. The highest BCUT2D eigenvalue weighted by molar-refractivity contribution is 9.11. The number of hydrogen-bond acceptors (Lipinski definition) is 5. The van der Waals surface area contributed by atoms with Crippen LogP contribution in [-0.2, 0) is 0 Å². The summed E-state index contributed by atoms with van der Waals surface area (Å²) in [5, 5.41) is 12.9. The van der Waals surface area contributed by atoms with Gasteiger partial charge in [-0.05, 0) is 27.6 Å². The molecule has 0 aliphatic heterocycles. The Hall–Kier alpha value is -1.50. The molecule has 0 unspecified atom stereocenters. The summed E-state index contributed by atoms with van der Waals surface area (Å²) in [6.07, 6.45) is 1.53. The minimum Gasteiger partial charge on any atom is -0.394 e. The van der Waals surface area contributed by atoms with Gasteiger partial charge < -0.3 is 10.4 Å². The number of halogens is 1. The molecule has 20 heavy (non-hydrogen) atoms. The minimum atomic E-state index is -0.185. The number of aromatic nitrogens is 2. The van der Waals surface area contributed by atoms with Gasteiger partial charge >= 0.3 is 0 Å². The topological polar surface area (TPSA) is 58.0 Å². The maximum absolute atomic E-state index is 9.61.